The number of hydrogen-bond acceptors (Lipinski definition) is 2. The molecule has 1 amide bonds. The number of nitrogens with one attached hydrogen (secondary N) is 2. The number of fused-ring (bicyclic) bond motifs is 1. The molecule has 1 heterocycles. The second kappa shape index (κ2) is 2.51. The molecule has 58 valence electrons. The van der Waals surface area contributed by atoms with Crippen LogP contribution in [0.15, 0.2) is 23.8 Å². The first kappa shape index (κ1) is 6.61. The van der Waals surface area contributed by atoms with Gasteiger partial charge in [-0.15, -0.1) is 0 Å². The van der Waals surface area contributed by atoms with Crippen LogP contribution in [-0.4, -0.2) is 18.6 Å². The summed E-state index contributed by atoms with van der Waals surface area (Å²) in [7, 11) is 0. The van der Waals surface area contributed by atoms with E-state index in [2.05, 4.69) is 16.7 Å². The fourth-order valence-electron chi connectivity index (χ4n) is 1.41. The average Bonchev–Trinajstić information content (AvgIpc) is 2.06. The summed E-state index contributed by atoms with van der Waals surface area (Å²) in [4.78, 5) is 11.2. The van der Waals surface area contributed by atoms with Crippen molar-refractivity contribution in [2.24, 2.45) is 0 Å². The van der Waals surface area contributed by atoms with E-state index in [1.807, 2.05) is 12.2 Å². The predicted octanol–water partition coefficient (Wildman–Crippen LogP) is -0.0818. The molecule has 0 saturated carbocycles. The van der Waals surface area contributed by atoms with Crippen LogP contribution in [0, 0.1) is 0 Å². The number of hydrogen-bond donors (Lipinski definition) is 2. The molecule has 1 fully saturated rings. The number of carbonyl (C=O) groups excluding carboxylic acids is 1. The maximum atomic E-state index is 11.2. The van der Waals surface area contributed by atoms with E-state index in [-0.39, 0.29) is 11.9 Å². The van der Waals surface area contributed by atoms with Crippen LogP contribution >= 0.6 is 0 Å². The molecular weight excluding hydrogens is 140 g/mol. The summed E-state index contributed by atoms with van der Waals surface area (Å²) in [5.41, 5.74) is 0.860. The molecule has 1 aliphatic carbocycles. The first-order valence-corrected chi connectivity index (χ1v) is 3.76. The van der Waals surface area contributed by atoms with Gasteiger partial charge in [0, 0.05) is 11.6 Å². The summed E-state index contributed by atoms with van der Waals surface area (Å²) < 4.78 is 0. The van der Waals surface area contributed by atoms with Gasteiger partial charge in [0.15, 0.2) is 0 Å². The van der Waals surface area contributed by atoms with Gasteiger partial charge in [-0.25, -0.2) is 0 Å². The molecule has 3 heteroatoms. The monoisotopic (exact) mass is 150 g/mol. The van der Waals surface area contributed by atoms with Gasteiger partial charge in [0.2, 0.25) is 5.91 Å². The van der Waals surface area contributed by atoms with Gasteiger partial charge in [0.1, 0.15) is 0 Å². The van der Waals surface area contributed by atoms with Crippen LogP contribution in [0.3, 0.4) is 0 Å². The minimum atomic E-state index is 0.0677. The summed E-state index contributed by atoms with van der Waals surface area (Å²) in [5.74, 6) is 0.0677. The molecule has 0 aromatic rings. The Morgan fingerprint density at radius 3 is 3.27 bits per heavy atom. The first-order chi connectivity index (χ1) is 5.38. The van der Waals surface area contributed by atoms with Crippen LogP contribution in [0.25, 0.3) is 0 Å². The van der Waals surface area contributed by atoms with Crippen molar-refractivity contribution in [1.29, 1.82) is 0 Å². The second-order valence-electron chi connectivity index (χ2n) is 2.73. The van der Waals surface area contributed by atoms with Crippen molar-refractivity contribution in [3.8, 4) is 0 Å². The Kier molecular flexibility index (Phi) is 1.51. The molecule has 11 heavy (non-hydrogen) atoms. The Bertz CT molecular complexity index is 242. The van der Waals surface area contributed by atoms with Crippen molar-refractivity contribution < 1.29 is 4.79 Å². The van der Waals surface area contributed by atoms with Gasteiger partial charge in [-0.1, -0.05) is 18.2 Å². The van der Waals surface area contributed by atoms with Crippen molar-refractivity contribution >= 4 is 5.91 Å². The third kappa shape index (κ3) is 1.07. The molecule has 2 N–H and O–H groups in total. The Morgan fingerprint density at radius 1 is 1.55 bits per heavy atom. The highest BCUT2D eigenvalue weighted by Crippen LogP contribution is 2.14. The number of allylic oxidation sites excluding steroid dienone is 2. The lowest BCUT2D eigenvalue weighted by atomic mass is 9.97. The van der Waals surface area contributed by atoms with Crippen molar-refractivity contribution in [2.75, 3.05) is 6.67 Å². The van der Waals surface area contributed by atoms with Gasteiger partial charge in [-0.05, 0) is 6.42 Å². The molecule has 0 radical (unpaired) electrons. The van der Waals surface area contributed by atoms with Gasteiger partial charge in [-0.3, -0.25) is 10.1 Å². The average molecular weight is 150 g/mol. The highest BCUT2D eigenvalue weighted by atomic mass is 16.2. The lowest BCUT2D eigenvalue weighted by Crippen LogP contribution is -2.50. The standard InChI is InChI=1S/C8H10N2O/c11-8-6-3-1-2-4-7(6)9-5-10-8/h1-3,7,9H,4-5H2,(H,10,11). The summed E-state index contributed by atoms with van der Waals surface area (Å²) in [6, 6.07) is 0.244. The highest BCUT2D eigenvalue weighted by molar-refractivity contribution is 5.95. The molecule has 0 bridgehead atoms. The molecule has 1 saturated heterocycles. The minimum absolute atomic E-state index is 0.0677. The molecule has 0 spiro atoms. The van der Waals surface area contributed by atoms with E-state index >= 15 is 0 Å². The Hall–Kier alpha value is -1.09. The zero-order chi connectivity index (χ0) is 7.68. The zero-order valence-corrected chi connectivity index (χ0v) is 6.13. The number of rotatable bonds is 0. The Labute approximate surface area is 65.2 Å². The van der Waals surface area contributed by atoms with E-state index in [0.29, 0.717) is 6.67 Å². The zero-order valence-electron chi connectivity index (χ0n) is 6.13. The van der Waals surface area contributed by atoms with Crippen molar-refractivity contribution in [3.05, 3.63) is 23.8 Å². The maximum Gasteiger partial charge on any atom is 0.249 e. The molecule has 0 aromatic carbocycles. The van der Waals surface area contributed by atoms with Crippen molar-refractivity contribution in [3.63, 3.8) is 0 Å². The smallest absolute Gasteiger partial charge is 0.249 e. The first-order valence-electron chi connectivity index (χ1n) is 3.76. The minimum Gasteiger partial charge on any atom is -0.340 e. The normalized spacial score (nSPS) is 28.9. The van der Waals surface area contributed by atoms with Gasteiger partial charge in [-0.2, -0.15) is 0 Å². The largest absolute Gasteiger partial charge is 0.340 e. The van der Waals surface area contributed by atoms with E-state index in [4.69, 9.17) is 0 Å². The third-order valence-corrected chi connectivity index (χ3v) is 2.02. The van der Waals surface area contributed by atoms with Gasteiger partial charge < -0.3 is 5.32 Å². The second-order valence-corrected chi connectivity index (χ2v) is 2.73. The van der Waals surface area contributed by atoms with Crippen LogP contribution in [0.5, 0.6) is 0 Å². The van der Waals surface area contributed by atoms with Crippen LogP contribution in [-0.2, 0) is 4.79 Å². The lowest BCUT2D eigenvalue weighted by Gasteiger charge is -2.27. The SMILES string of the molecule is O=C1NCNC2CC=CC=C12. The number of carbonyl (C=O) groups is 1. The molecule has 0 aromatic heterocycles. The lowest BCUT2D eigenvalue weighted by molar-refractivity contribution is -0.118. The van der Waals surface area contributed by atoms with E-state index in [0.717, 1.165) is 12.0 Å². The Balaban J connectivity index is 2.27. The number of amides is 1. The summed E-state index contributed by atoms with van der Waals surface area (Å²) in [6.07, 6.45) is 6.80. The van der Waals surface area contributed by atoms with E-state index in [1.54, 1.807) is 0 Å². The quantitative estimate of drug-likeness (QED) is 0.507. The van der Waals surface area contributed by atoms with E-state index < -0.39 is 0 Å². The maximum absolute atomic E-state index is 11.2. The third-order valence-electron chi connectivity index (χ3n) is 2.02. The van der Waals surface area contributed by atoms with Gasteiger partial charge >= 0.3 is 0 Å². The molecule has 1 aliphatic heterocycles. The topological polar surface area (TPSA) is 41.1 Å². The van der Waals surface area contributed by atoms with Gasteiger partial charge in [0.05, 0.1) is 6.67 Å². The predicted molar refractivity (Wildman–Crippen MR) is 41.8 cm³/mol. The molecule has 2 aliphatic rings. The van der Waals surface area contributed by atoms with E-state index in [1.165, 1.54) is 0 Å². The molecule has 1 unspecified atom stereocenters. The van der Waals surface area contributed by atoms with Crippen molar-refractivity contribution in [2.45, 2.75) is 12.5 Å². The molecule has 1 atom stereocenters. The summed E-state index contributed by atoms with van der Waals surface area (Å²) in [6.45, 7) is 0.592. The Morgan fingerprint density at radius 2 is 2.45 bits per heavy atom. The van der Waals surface area contributed by atoms with Gasteiger partial charge in [0.25, 0.3) is 0 Å². The molecule has 2 rings (SSSR count). The summed E-state index contributed by atoms with van der Waals surface area (Å²) in [5, 5.41) is 5.93. The summed E-state index contributed by atoms with van der Waals surface area (Å²) >= 11 is 0. The fraction of sp³-hybridized carbons (Fsp3) is 0.375. The van der Waals surface area contributed by atoms with Crippen LogP contribution in [0.1, 0.15) is 6.42 Å². The fourth-order valence-corrected chi connectivity index (χ4v) is 1.41. The van der Waals surface area contributed by atoms with Crippen LogP contribution in [0.2, 0.25) is 0 Å². The highest BCUT2D eigenvalue weighted by Gasteiger charge is 2.24. The molecule has 3 nitrogen and oxygen atoms in total. The van der Waals surface area contributed by atoms with E-state index in [9.17, 15) is 4.79 Å². The van der Waals surface area contributed by atoms with Crippen LogP contribution in [0.4, 0.5) is 0 Å². The molecular formula is C8H10N2O. The van der Waals surface area contributed by atoms with Crippen LogP contribution < -0.4 is 10.6 Å². The van der Waals surface area contributed by atoms with Crippen molar-refractivity contribution in [1.82, 2.24) is 10.6 Å².